The molecule has 1 aromatic rings. The van der Waals surface area contributed by atoms with Gasteiger partial charge in [-0.05, 0) is 31.0 Å². The van der Waals surface area contributed by atoms with Crippen LogP contribution in [0.2, 0.25) is 0 Å². The summed E-state index contributed by atoms with van der Waals surface area (Å²) >= 11 is 0. The molecule has 1 aliphatic rings. The van der Waals surface area contributed by atoms with Crippen molar-refractivity contribution in [2.75, 3.05) is 16.4 Å². The van der Waals surface area contributed by atoms with Gasteiger partial charge in [-0.25, -0.2) is 0 Å². The second-order valence-electron chi connectivity index (χ2n) is 5.36. The number of fused-ring (bicyclic) bond motifs is 1. The van der Waals surface area contributed by atoms with Crippen molar-refractivity contribution in [3.63, 3.8) is 0 Å². The molecule has 0 aromatic heterocycles. The minimum atomic E-state index is 0.0440. The Morgan fingerprint density at radius 2 is 2.21 bits per heavy atom. The highest BCUT2D eigenvalue weighted by Crippen LogP contribution is 2.32. The van der Waals surface area contributed by atoms with Gasteiger partial charge < -0.3 is 16.4 Å². The highest BCUT2D eigenvalue weighted by molar-refractivity contribution is 6.00. The van der Waals surface area contributed by atoms with Gasteiger partial charge in [-0.15, -0.1) is 0 Å². The van der Waals surface area contributed by atoms with Crippen LogP contribution in [-0.4, -0.2) is 11.9 Å². The molecule has 0 saturated carbocycles. The highest BCUT2D eigenvalue weighted by atomic mass is 16.1. The smallest absolute Gasteiger partial charge is 0.228 e. The van der Waals surface area contributed by atoms with E-state index in [0.29, 0.717) is 12.5 Å². The van der Waals surface area contributed by atoms with E-state index in [4.69, 9.17) is 5.73 Å². The van der Waals surface area contributed by atoms with E-state index < -0.39 is 0 Å². The Labute approximate surface area is 114 Å². The van der Waals surface area contributed by atoms with E-state index in [2.05, 4.69) is 24.5 Å². The summed E-state index contributed by atoms with van der Waals surface area (Å²) in [6.07, 6.45) is 5.30. The summed E-state index contributed by atoms with van der Waals surface area (Å²) in [5.41, 5.74) is 9.57. The third-order valence-electron chi connectivity index (χ3n) is 3.54. The van der Waals surface area contributed by atoms with Gasteiger partial charge in [0.2, 0.25) is 5.91 Å². The topological polar surface area (TPSA) is 67.1 Å². The number of benzene rings is 1. The molecular weight excluding hydrogens is 238 g/mol. The molecule has 1 unspecified atom stereocenters. The van der Waals surface area contributed by atoms with Gasteiger partial charge in [-0.1, -0.05) is 26.2 Å². The maximum Gasteiger partial charge on any atom is 0.228 e. The van der Waals surface area contributed by atoms with Gasteiger partial charge in [0.1, 0.15) is 0 Å². The van der Waals surface area contributed by atoms with E-state index >= 15 is 0 Å². The zero-order valence-electron chi connectivity index (χ0n) is 11.8. The van der Waals surface area contributed by atoms with Crippen molar-refractivity contribution < 1.29 is 4.79 Å². The molecule has 4 nitrogen and oxygen atoms in total. The van der Waals surface area contributed by atoms with Crippen LogP contribution in [0.1, 0.15) is 45.1 Å². The zero-order chi connectivity index (χ0) is 13.8. The standard InChI is InChI=1S/C15H23N3O/c1-3-4-5-6-10(2)17-14-9-13-11(7-12(14)16)8-15(19)18-13/h7,9-10,17H,3-6,8,16H2,1-2H3,(H,18,19). The minimum Gasteiger partial charge on any atom is -0.397 e. The van der Waals surface area contributed by atoms with Crippen molar-refractivity contribution >= 4 is 23.0 Å². The third kappa shape index (κ3) is 3.40. The van der Waals surface area contributed by atoms with Gasteiger partial charge in [0.15, 0.2) is 0 Å². The number of unbranched alkanes of at least 4 members (excludes halogenated alkanes) is 2. The third-order valence-corrected chi connectivity index (χ3v) is 3.54. The van der Waals surface area contributed by atoms with E-state index in [1.807, 2.05) is 12.1 Å². The first-order valence-electron chi connectivity index (χ1n) is 7.09. The number of hydrogen-bond donors (Lipinski definition) is 3. The fraction of sp³-hybridized carbons (Fsp3) is 0.533. The predicted molar refractivity (Wildman–Crippen MR) is 80.4 cm³/mol. The molecular formula is C15H23N3O. The lowest BCUT2D eigenvalue weighted by Crippen LogP contribution is -2.16. The Hall–Kier alpha value is -1.71. The molecule has 0 spiro atoms. The molecule has 0 bridgehead atoms. The number of carbonyl (C=O) groups excluding carboxylic acids is 1. The van der Waals surface area contributed by atoms with E-state index in [1.165, 1.54) is 19.3 Å². The van der Waals surface area contributed by atoms with Crippen molar-refractivity contribution in [1.82, 2.24) is 0 Å². The molecule has 1 atom stereocenters. The molecule has 19 heavy (non-hydrogen) atoms. The van der Waals surface area contributed by atoms with Gasteiger partial charge in [0, 0.05) is 11.7 Å². The average Bonchev–Trinajstić information content (AvgIpc) is 2.69. The number of nitrogens with one attached hydrogen (secondary N) is 2. The lowest BCUT2D eigenvalue weighted by Gasteiger charge is -2.17. The number of anilines is 3. The van der Waals surface area contributed by atoms with E-state index in [1.54, 1.807) is 0 Å². The first-order valence-corrected chi connectivity index (χ1v) is 7.09. The maximum absolute atomic E-state index is 11.3. The molecule has 0 aliphatic carbocycles. The van der Waals surface area contributed by atoms with Crippen LogP contribution in [0.15, 0.2) is 12.1 Å². The predicted octanol–water partition coefficient (Wildman–Crippen LogP) is 3.14. The summed E-state index contributed by atoms with van der Waals surface area (Å²) < 4.78 is 0. The molecule has 0 fully saturated rings. The molecule has 104 valence electrons. The van der Waals surface area contributed by atoms with Crippen molar-refractivity contribution in [1.29, 1.82) is 0 Å². The molecule has 1 aliphatic heterocycles. The van der Waals surface area contributed by atoms with Crippen LogP contribution >= 0.6 is 0 Å². The first-order chi connectivity index (χ1) is 9.10. The monoisotopic (exact) mass is 261 g/mol. The lowest BCUT2D eigenvalue weighted by molar-refractivity contribution is -0.115. The average molecular weight is 261 g/mol. The summed E-state index contributed by atoms with van der Waals surface area (Å²) in [4.78, 5) is 11.3. The Balaban J connectivity index is 2.01. The van der Waals surface area contributed by atoms with Crippen molar-refractivity contribution in [3.05, 3.63) is 17.7 Å². The van der Waals surface area contributed by atoms with Crippen LogP contribution in [0.5, 0.6) is 0 Å². The van der Waals surface area contributed by atoms with Gasteiger partial charge >= 0.3 is 0 Å². The zero-order valence-corrected chi connectivity index (χ0v) is 11.8. The van der Waals surface area contributed by atoms with Crippen LogP contribution < -0.4 is 16.4 Å². The summed E-state index contributed by atoms with van der Waals surface area (Å²) in [6, 6.07) is 4.24. The van der Waals surface area contributed by atoms with Crippen LogP contribution in [0.4, 0.5) is 17.1 Å². The molecule has 0 saturated heterocycles. The lowest BCUT2D eigenvalue weighted by atomic mass is 10.1. The van der Waals surface area contributed by atoms with E-state index in [-0.39, 0.29) is 5.91 Å². The summed E-state index contributed by atoms with van der Waals surface area (Å²) in [6.45, 7) is 4.38. The SMILES string of the molecule is CCCCCC(C)Nc1cc2c(cc1N)CC(=O)N2. The fourth-order valence-electron chi connectivity index (χ4n) is 2.46. The number of carbonyl (C=O) groups is 1. The Morgan fingerprint density at radius 1 is 1.42 bits per heavy atom. The molecule has 0 radical (unpaired) electrons. The van der Waals surface area contributed by atoms with Crippen molar-refractivity contribution in [3.8, 4) is 0 Å². The number of nitrogen functional groups attached to an aromatic ring is 1. The highest BCUT2D eigenvalue weighted by Gasteiger charge is 2.19. The maximum atomic E-state index is 11.3. The van der Waals surface area contributed by atoms with Gasteiger partial charge in [-0.2, -0.15) is 0 Å². The van der Waals surface area contributed by atoms with Gasteiger partial charge in [0.05, 0.1) is 17.8 Å². The Morgan fingerprint density at radius 3 is 2.95 bits per heavy atom. The molecule has 1 heterocycles. The van der Waals surface area contributed by atoms with Crippen LogP contribution in [0, 0.1) is 0 Å². The summed E-state index contributed by atoms with van der Waals surface area (Å²) in [5, 5.41) is 6.29. The Kier molecular flexibility index (Phi) is 4.30. The number of amides is 1. The second-order valence-corrected chi connectivity index (χ2v) is 5.36. The number of hydrogen-bond acceptors (Lipinski definition) is 3. The fourth-order valence-corrected chi connectivity index (χ4v) is 2.46. The number of rotatable bonds is 6. The van der Waals surface area contributed by atoms with Gasteiger partial charge in [0.25, 0.3) is 0 Å². The van der Waals surface area contributed by atoms with Crippen molar-refractivity contribution in [2.24, 2.45) is 0 Å². The van der Waals surface area contributed by atoms with Crippen LogP contribution in [0.3, 0.4) is 0 Å². The summed E-state index contributed by atoms with van der Waals surface area (Å²) in [5.74, 6) is 0.0440. The quantitative estimate of drug-likeness (QED) is 0.544. The van der Waals surface area contributed by atoms with E-state index in [0.717, 1.165) is 29.0 Å². The first kappa shape index (κ1) is 13.7. The second kappa shape index (κ2) is 5.95. The molecule has 1 amide bonds. The normalized spacial score (nSPS) is 14.9. The van der Waals surface area contributed by atoms with Crippen LogP contribution in [-0.2, 0) is 11.2 Å². The van der Waals surface area contributed by atoms with Crippen molar-refractivity contribution in [2.45, 2.75) is 52.0 Å². The van der Waals surface area contributed by atoms with Crippen LogP contribution in [0.25, 0.3) is 0 Å². The Bertz CT molecular complexity index is 471. The molecule has 4 heteroatoms. The van der Waals surface area contributed by atoms with E-state index in [9.17, 15) is 4.79 Å². The van der Waals surface area contributed by atoms with Gasteiger partial charge in [-0.3, -0.25) is 4.79 Å². The largest absolute Gasteiger partial charge is 0.397 e. The minimum absolute atomic E-state index is 0.0440. The molecule has 2 rings (SSSR count). The molecule has 4 N–H and O–H groups in total. The summed E-state index contributed by atoms with van der Waals surface area (Å²) in [7, 11) is 0. The number of nitrogens with two attached hydrogens (primary N) is 1. The molecule has 1 aromatic carbocycles.